The zero-order chi connectivity index (χ0) is 13.2. The van der Waals surface area contributed by atoms with Crippen LogP contribution in [0.2, 0.25) is 0 Å². The lowest BCUT2D eigenvalue weighted by Crippen LogP contribution is -2.17. The van der Waals surface area contributed by atoms with Gasteiger partial charge in [-0.1, -0.05) is 6.07 Å². The van der Waals surface area contributed by atoms with Crippen molar-refractivity contribution in [3.63, 3.8) is 0 Å². The molecule has 0 radical (unpaired) electrons. The second-order valence-electron chi connectivity index (χ2n) is 5.03. The Morgan fingerprint density at radius 1 is 1.37 bits per heavy atom. The molecule has 2 aromatic rings. The van der Waals surface area contributed by atoms with Crippen molar-refractivity contribution in [1.29, 1.82) is 0 Å². The number of methoxy groups -OCH3 is 1. The number of nitrogens with zero attached hydrogens (tertiary/aromatic N) is 2. The summed E-state index contributed by atoms with van der Waals surface area (Å²) in [5.74, 6) is 1.86. The Labute approximate surface area is 113 Å². The molecule has 0 fully saturated rings. The van der Waals surface area contributed by atoms with E-state index in [4.69, 9.17) is 4.74 Å². The Hall–Kier alpha value is -1.97. The van der Waals surface area contributed by atoms with E-state index in [1.165, 1.54) is 17.5 Å². The molecule has 0 amide bonds. The van der Waals surface area contributed by atoms with Crippen molar-refractivity contribution in [3.8, 4) is 5.75 Å². The molecule has 0 aliphatic heterocycles. The molecule has 3 rings (SSSR count). The first-order valence-electron chi connectivity index (χ1n) is 6.69. The molecule has 0 bridgehead atoms. The molecule has 1 heterocycles. The first-order chi connectivity index (χ1) is 9.26. The molecule has 19 heavy (non-hydrogen) atoms. The molecule has 1 unspecified atom stereocenters. The van der Waals surface area contributed by atoms with Crippen LogP contribution in [0.15, 0.2) is 30.5 Å². The standard InChI is InChI=1S/C15H19N3O/c1-18-9-8-15(17-18)16-14-5-3-4-11-6-7-12(19-2)10-13(11)14/h6-10,14H,3-5H2,1-2H3,(H,16,17). The average molecular weight is 257 g/mol. The zero-order valence-corrected chi connectivity index (χ0v) is 11.4. The van der Waals surface area contributed by atoms with E-state index < -0.39 is 0 Å². The van der Waals surface area contributed by atoms with Gasteiger partial charge in [-0.2, -0.15) is 5.10 Å². The largest absolute Gasteiger partial charge is 0.497 e. The first kappa shape index (κ1) is 12.1. The predicted octanol–water partition coefficient (Wildman–Crippen LogP) is 2.92. The highest BCUT2D eigenvalue weighted by Crippen LogP contribution is 2.34. The van der Waals surface area contributed by atoms with E-state index in [0.29, 0.717) is 6.04 Å². The Kier molecular flexibility index (Phi) is 3.15. The zero-order valence-electron chi connectivity index (χ0n) is 11.4. The van der Waals surface area contributed by atoms with Gasteiger partial charge in [-0.05, 0) is 42.5 Å². The molecule has 4 heteroatoms. The number of hydrogen-bond acceptors (Lipinski definition) is 3. The van der Waals surface area contributed by atoms with E-state index in [1.807, 2.05) is 30.1 Å². The van der Waals surface area contributed by atoms with Crippen LogP contribution in [0.5, 0.6) is 5.75 Å². The molecule has 1 aromatic carbocycles. The predicted molar refractivity (Wildman–Crippen MR) is 75.5 cm³/mol. The van der Waals surface area contributed by atoms with E-state index >= 15 is 0 Å². The molecular weight excluding hydrogens is 238 g/mol. The van der Waals surface area contributed by atoms with Crippen LogP contribution in [-0.2, 0) is 13.5 Å². The number of anilines is 1. The summed E-state index contributed by atoms with van der Waals surface area (Å²) < 4.78 is 7.15. The maximum absolute atomic E-state index is 5.34. The minimum atomic E-state index is 0.328. The molecule has 1 aliphatic carbocycles. The van der Waals surface area contributed by atoms with Crippen molar-refractivity contribution in [3.05, 3.63) is 41.6 Å². The SMILES string of the molecule is COc1ccc2c(c1)C(Nc1ccn(C)n1)CCC2. The number of ether oxygens (including phenoxy) is 1. The van der Waals surface area contributed by atoms with E-state index in [2.05, 4.69) is 22.5 Å². The highest BCUT2D eigenvalue weighted by molar-refractivity contribution is 5.44. The lowest BCUT2D eigenvalue weighted by molar-refractivity contribution is 0.413. The summed E-state index contributed by atoms with van der Waals surface area (Å²) in [6.07, 6.45) is 5.46. The second kappa shape index (κ2) is 4.96. The number of hydrogen-bond donors (Lipinski definition) is 1. The van der Waals surface area contributed by atoms with E-state index in [0.717, 1.165) is 24.4 Å². The highest BCUT2D eigenvalue weighted by Gasteiger charge is 2.21. The summed E-state index contributed by atoms with van der Waals surface area (Å²) in [6, 6.07) is 8.71. The van der Waals surface area contributed by atoms with E-state index in [-0.39, 0.29) is 0 Å². The molecule has 0 saturated carbocycles. The Bertz CT molecular complexity index is 577. The molecule has 1 aliphatic rings. The fourth-order valence-electron chi connectivity index (χ4n) is 2.72. The normalized spacial score (nSPS) is 17.9. The number of benzene rings is 1. The molecule has 1 atom stereocenters. The van der Waals surface area contributed by atoms with Crippen LogP contribution >= 0.6 is 0 Å². The lowest BCUT2D eigenvalue weighted by atomic mass is 9.87. The van der Waals surface area contributed by atoms with Crippen LogP contribution < -0.4 is 10.1 Å². The van der Waals surface area contributed by atoms with Crippen LogP contribution in [0, 0.1) is 0 Å². The Morgan fingerprint density at radius 2 is 2.26 bits per heavy atom. The van der Waals surface area contributed by atoms with Gasteiger partial charge in [0.1, 0.15) is 11.6 Å². The number of aryl methyl sites for hydroxylation is 2. The quantitative estimate of drug-likeness (QED) is 0.919. The fraction of sp³-hybridized carbons (Fsp3) is 0.400. The van der Waals surface area contributed by atoms with Crippen LogP contribution in [-0.4, -0.2) is 16.9 Å². The van der Waals surface area contributed by atoms with Crippen molar-refractivity contribution in [2.45, 2.75) is 25.3 Å². The number of aromatic nitrogens is 2. The van der Waals surface area contributed by atoms with Crippen molar-refractivity contribution in [2.24, 2.45) is 7.05 Å². The van der Waals surface area contributed by atoms with Crippen LogP contribution in [0.1, 0.15) is 30.0 Å². The number of nitrogens with one attached hydrogen (secondary N) is 1. The van der Waals surface area contributed by atoms with Gasteiger partial charge in [0.05, 0.1) is 13.2 Å². The molecule has 100 valence electrons. The molecule has 1 aromatic heterocycles. The van der Waals surface area contributed by atoms with Gasteiger partial charge in [0, 0.05) is 19.3 Å². The summed E-state index contributed by atoms with van der Waals surface area (Å²) in [6.45, 7) is 0. The van der Waals surface area contributed by atoms with Crippen LogP contribution in [0.25, 0.3) is 0 Å². The van der Waals surface area contributed by atoms with Crippen molar-refractivity contribution in [2.75, 3.05) is 12.4 Å². The highest BCUT2D eigenvalue weighted by atomic mass is 16.5. The summed E-state index contributed by atoms with van der Waals surface area (Å²) in [7, 11) is 3.65. The third-order valence-electron chi connectivity index (χ3n) is 3.70. The van der Waals surface area contributed by atoms with Gasteiger partial charge in [-0.15, -0.1) is 0 Å². The number of fused-ring (bicyclic) bond motifs is 1. The molecule has 4 nitrogen and oxygen atoms in total. The van der Waals surface area contributed by atoms with Crippen LogP contribution in [0.3, 0.4) is 0 Å². The maximum Gasteiger partial charge on any atom is 0.148 e. The summed E-state index contributed by atoms with van der Waals surface area (Å²) in [4.78, 5) is 0. The Balaban J connectivity index is 1.88. The first-order valence-corrected chi connectivity index (χ1v) is 6.69. The smallest absolute Gasteiger partial charge is 0.148 e. The molecule has 1 N–H and O–H groups in total. The van der Waals surface area contributed by atoms with Gasteiger partial charge in [0.15, 0.2) is 0 Å². The third-order valence-corrected chi connectivity index (χ3v) is 3.70. The Morgan fingerprint density at radius 3 is 3.00 bits per heavy atom. The second-order valence-corrected chi connectivity index (χ2v) is 5.03. The third kappa shape index (κ3) is 2.43. The van der Waals surface area contributed by atoms with Crippen LogP contribution in [0.4, 0.5) is 5.82 Å². The molecular formula is C15H19N3O. The topological polar surface area (TPSA) is 39.1 Å². The number of rotatable bonds is 3. The van der Waals surface area contributed by atoms with Gasteiger partial charge in [0.2, 0.25) is 0 Å². The minimum absolute atomic E-state index is 0.328. The monoisotopic (exact) mass is 257 g/mol. The van der Waals surface area contributed by atoms with Crippen molar-refractivity contribution < 1.29 is 4.74 Å². The van der Waals surface area contributed by atoms with Gasteiger partial charge < -0.3 is 10.1 Å². The van der Waals surface area contributed by atoms with Crippen molar-refractivity contribution in [1.82, 2.24) is 9.78 Å². The summed E-state index contributed by atoms with van der Waals surface area (Å²) >= 11 is 0. The maximum atomic E-state index is 5.34. The van der Waals surface area contributed by atoms with Gasteiger partial charge in [0.25, 0.3) is 0 Å². The van der Waals surface area contributed by atoms with Crippen molar-refractivity contribution >= 4 is 5.82 Å². The molecule has 0 spiro atoms. The summed E-state index contributed by atoms with van der Waals surface area (Å²) in [5.41, 5.74) is 2.76. The lowest BCUT2D eigenvalue weighted by Gasteiger charge is -2.26. The van der Waals surface area contributed by atoms with Gasteiger partial charge in [-0.3, -0.25) is 4.68 Å². The van der Waals surface area contributed by atoms with E-state index in [9.17, 15) is 0 Å². The van der Waals surface area contributed by atoms with E-state index in [1.54, 1.807) is 7.11 Å². The minimum Gasteiger partial charge on any atom is -0.497 e. The van der Waals surface area contributed by atoms with Gasteiger partial charge >= 0.3 is 0 Å². The van der Waals surface area contributed by atoms with Gasteiger partial charge in [-0.25, -0.2) is 0 Å². The summed E-state index contributed by atoms with van der Waals surface area (Å²) in [5, 5.41) is 7.92. The fourth-order valence-corrected chi connectivity index (χ4v) is 2.72. The average Bonchev–Trinajstić information content (AvgIpc) is 2.84. The molecule has 0 saturated heterocycles.